The minimum Gasteiger partial charge on any atom is -0.391 e. The quantitative estimate of drug-likeness (QED) is 0.599. The second-order valence-corrected chi connectivity index (χ2v) is 6.32. The third-order valence-electron chi connectivity index (χ3n) is 3.86. The van der Waals surface area contributed by atoms with Crippen molar-refractivity contribution in [1.29, 1.82) is 0 Å². The predicted octanol–water partition coefficient (Wildman–Crippen LogP) is 1.70. The molecule has 1 aromatic carbocycles. The highest BCUT2D eigenvalue weighted by Gasteiger charge is 2.17. The van der Waals surface area contributed by atoms with Crippen LogP contribution in [0.25, 0.3) is 0 Å². The van der Waals surface area contributed by atoms with Gasteiger partial charge in [-0.3, -0.25) is 9.59 Å². The van der Waals surface area contributed by atoms with E-state index in [9.17, 15) is 14.7 Å². The fraction of sp³-hybridized carbons (Fsp3) is 0.579. The van der Waals surface area contributed by atoms with Crippen LogP contribution in [0, 0.1) is 6.92 Å². The summed E-state index contributed by atoms with van der Waals surface area (Å²) in [7, 11) is 0. The van der Waals surface area contributed by atoms with Crippen molar-refractivity contribution >= 4 is 11.8 Å². The number of hydrogen-bond acceptors (Lipinski definition) is 4. The van der Waals surface area contributed by atoms with Crippen LogP contribution in [-0.4, -0.2) is 54.1 Å². The molecule has 0 fully saturated rings. The summed E-state index contributed by atoms with van der Waals surface area (Å²) in [5.41, 5.74) is 7.19. The van der Waals surface area contributed by atoms with Crippen LogP contribution in [0.4, 0.5) is 0 Å². The van der Waals surface area contributed by atoms with Crippen molar-refractivity contribution in [1.82, 2.24) is 10.2 Å². The molecule has 0 unspecified atom stereocenters. The molecule has 0 aromatic heterocycles. The van der Waals surface area contributed by atoms with Crippen LogP contribution in [-0.2, 0) is 0 Å². The molecule has 25 heavy (non-hydrogen) atoms. The lowest BCUT2D eigenvalue weighted by atomic mass is 10.0. The number of amides is 2. The van der Waals surface area contributed by atoms with Gasteiger partial charge in [-0.15, -0.1) is 0 Å². The standard InChI is InChI=1S/C19H31N3O3/c1-4-8-22(9-5-2)19(25)16-11-14(3)10-15(12-16)18(24)21-13-17(23)6-7-20/h10-12,17,23H,4-9,13,20H2,1-3H3,(H,21,24)/t17-/m0/s1. The number of aliphatic hydroxyl groups excluding tert-OH is 1. The number of aryl methyl sites for hydroxylation is 1. The second-order valence-electron chi connectivity index (χ2n) is 6.32. The van der Waals surface area contributed by atoms with Crippen LogP contribution in [0.1, 0.15) is 59.4 Å². The number of aliphatic hydroxyl groups is 1. The summed E-state index contributed by atoms with van der Waals surface area (Å²) in [5, 5.41) is 12.4. The molecule has 4 N–H and O–H groups in total. The largest absolute Gasteiger partial charge is 0.391 e. The van der Waals surface area contributed by atoms with Crippen LogP contribution in [0.15, 0.2) is 18.2 Å². The van der Waals surface area contributed by atoms with Crippen molar-refractivity contribution in [3.05, 3.63) is 34.9 Å². The number of benzene rings is 1. The number of carbonyl (C=O) groups excluding carboxylic acids is 2. The first-order chi connectivity index (χ1) is 11.9. The van der Waals surface area contributed by atoms with Crippen LogP contribution >= 0.6 is 0 Å². The lowest BCUT2D eigenvalue weighted by Gasteiger charge is -2.22. The Morgan fingerprint density at radius 2 is 1.76 bits per heavy atom. The molecule has 1 rings (SSSR count). The molecular formula is C19H31N3O3. The molecule has 2 amide bonds. The first-order valence-electron chi connectivity index (χ1n) is 9.00. The van der Waals surface area contributed by atoms with Gasteiger partial charge in [0.2, 0.25) is 0 Å². The maximum atomic E-state index is 12.7. The summed E-state index contributed by atoms with van der Waals surface area (Å²) in [5.74, 6) is -0.351. The number of hydrogen-bond donors (Lipinski definition) is 3. The first kappa shape index (κ1) is 21.1. The second kappa shape index (κ2) is 10.8. The number of nitrogens with one attached hydrogen (secondary N) is 1. The number of nitrogens with zero attached hydrogens (tertiary/aromatic N) is 1. The van der Waals surface area contributed by atoms with Crippen molar-refractivity contribution in [2.75, 3.05) is 26.2 Å². The van der Waals surface area contributed by atoms with E-state index < -0.39 is 6.10 Å². The summed E-state index contributed by atoms with van der Waals surface area (Å²) in [6.45, 7) is 7.85. The molecule has 1 aromatic rings. The van der Waals surface area contributed by atoms with Gasteiger partial charge in [0.05, 0.1) is 6.10 Å². The third-order valence-corrected chi connectivity index (χ3v) is 3.86. The Balaban J connectivity index is 2.90. The molecule has 0 aliphatic heterocycles. The zero-order chi connectivity index (χ0) is 18.8. The SMILES string of the molecule is CCCN(CCC)C(=O)c1cc(C)cc(C(=O)NC[C@@H](O)CCN)c1. The smallest absolute Gasteiger partial charge is 0.253 e. The molecule has 1 atom stereocenters. The minimum absolute atomic E-state index is 0.0513. The molecule has 0 bridgehead atoms. The summed E-state index contributed by atoms with van der Waals surface area (Å²) in [6.07, 6.45) is 1.55. The molecule has 140 valence electrons. The number of nitrogens with two attached hydrogens (primary N) is 1. The normalized spacial score (nSPS) is 11.9. The maximum Gasteiger partial charge on any atom is 0.253 e. The molecule has 6 nitrogen and oxygen atoms in total. The monoisotopic (exact) mass is 349 g/mol. The van der Waals surface area contributed by atoms with Crippen LogP contribution in [0.3, 0.4) is 0 Å². The van der Waals surface area contributed by atoms with Gasteiger partial charge in [0, 0.05) is 30.8 Å². The Kier molecular flexibility index (Phi) is 9.16. The van der Waals surface area contributed by atoms with Crippen LogP contribution in [0.5, 0.6) is 0 Å². The van der Waals surface area contributed by atoms with Crippen molar-refractivity contribution in [3.63, 3.8) is 0 Å². The lowest BCUT2D eigenvalue weighted by molar-refractivity contribution is 0.0755. The Morgan fingerprint density at radius 1 is 1.16 bits per heavy atom. The fourth-order valence-electron chi connectivity index (χ4n) is 2.68. The Bertz CT molecular complexity index is 569. The molecule has 0 spiro atoms. The highest BCUT2D eigenvalue weighted by Crippen LogP contribution is 2.13. The summed E-state index contributed by atoms with van der Waals surface area (Å²) in [4.78, 5) is 26.9. The number of rotatable bonds is 10. The minimum atomic E-state index is -0.663. The third kappa shape index (κ3) is 6.84. The van der Waals surface area contributed by atoms with E-state index in [1.165, 1.54) is 0 Å². The van der Waals surface area contributed by atoms with Gasteiger partial charge in [-0.25, -0.2) is 0 Å². The van der Waals surface area contributed by atoms with Crippen LogP contribution < -0.4 is 11.1 Å². The average molecular weight is 349 g/mol. The lowest BCUT2D eigenvalue weighted by Crippen LogP contribution is -2.34. The highest BCUT2D eigenvalue weighted by molar-refractivity contribution is 6.00. The summed E-state index contributed by atoms with van der Waals surface area (Å²) < 4.78 is 0. The van der Waals surface area contributed by atoms with E-state index in [-0.39, 0.29) is 18.4 Å². The van der Waals surface area contributed by atoms with E-state index in [2.05, 4.69) is 5.32 Å². The van der Waals surface area contributed by atoms with Crippen molar-refractivity contribution in [3.8, 4) is 0 Å². The van der Waals surface area contributed by atoms with E-state index in [0.29, 0.717) is 37.2 Å². The predicted molar refractivity (Wildman–Crippen MR) is 99.7 cm³/mol. The molecule has 0 saturated heterocycles. The van der Waals surface area contributed by atoms with E-state index in [1.807, 2.05) is 25.7 Å². The van der Waals surface area contributed by atoms with E-state index in [0.717, 1.165) is 18.4 Å². The molecule has 0 radical (unpaired) electrons. The van der Waals surface area contributed by atoms with Gasteiger partial charge in [0.1, 0.15) is 0 Å². The van der Waals surface area contributed by atoms with Gasteiger partial charge in [-0.2, -0.15) is 0 Å². The van der Waals surface area contributed by atoms with Crippen molar-refractivity contribution in [2.24, 2.45) is 5.73 Å². The van der Waals surface area contributed by atoms with Crippen molar-refractivity contribution < 1.29 is 14.7 Å². The Morgan fingerprint density at radius 3 is 2.32 bits per heavy atom. The summed E-state index contributed by atoms with van der Waals surface area (Å²) >= 11 is 0. The Hall–Kier alpha value is -1.92. The highest BCUT2D eigenvalue weighted by atomic mass is 16.3. The van der Waals surface area contributed by atoms with Crippen LogP contribution in [0.2, 0.25) is 0 Å². The van der Waals surface area contributed by atoms with E-state index in [4.69, 9.17) is 5.73 Å². The van der Waals surface area contributed by atoms with Gasteiger partial charge < -0.3 is 21.1 Å². The van der Waals surface area contributed by atoms with E-state index >= 15 is 0 Å². The molecule has 6 heteroatoms. The van der Waals surface area contributed by atoms with Gasteiger partial charge in [-0.1, -0.05) is 13.8 Å². The van der Waals surface area contributed by atoms with Gasteiger partial charge in [0.15, 0.2) is 0 Å². The molecular weight excluding hydrogens is 318 g/mol. The molecule has 0 saturated carbocycles. The topological polar surface area (TPSA) is 95.7 Å². The maximum absolute atomic E-state index is 12.7. The Labute approximate surface area is 150 Å². The van der Waals surface area contributed by atoms with E-state index in [1.54, 1.807) is 18.2 Å². The average Bonchev–Trinajstić information content (AvgIpc) is 2.58. The molecule has 0 heterocycles. The van der Waals surface area contributed by atoms with Gasteiger partial charge in [0.25, 0.3) is 11.8 Å². The number of carbonyl (C=O) groups is 2. The zero-order valence-electron chi connectivity index (χ0n) is 15.5. The molecule has 0 aliphatic carbocycles. The van der Waals surface area contributed by atoms with Gasteiger partial charge in [-0.05, 0) is 56.5 Å². The fourth-order valence-corrected chi connectivity index (χ4v) is 2.68. The van der Waals surface area contributed by atoms with Gasteiger partial charge >= 0.3 is 0 Å². The zero-order valence-corrected chi connectivity index (χ0v) is 15.5. The summed E-state index contributed by atoms with van der Waals surface area (Å²) in [6, 6.07) is 5.17. The first-order valence-corrected chi connectivity index (χ1v) is 9.00. The van der Waals surface area contributed by atoms with Crippen molar-refractivity contribution in [2.45, 2.75) is 46.1 Å². The molecule has 0 aliphatic rings.